The minimum atomic E-state index is -0.289. The maximum Gasteiger partial charge on any atom is 0.292 e. The van der Waals surface area contributed by atoms with Crippen LogP contribution in [0.2, 0.25) is 0 Å². The zero-order valence-corrected chi connectivity index (χ0v) is 20.9. The number of hydrogen-bond donors (Lipinski definition) is 0. The quantitative estimate of drug-likeness (QED) is 0.331. The number of benzene rings is 3. The van der Waals surface area contributed by atoms with Gasteiger partial charge in [0.05, 0.1) is 4.92 Å². The molecule has 8 heteroatoms. The summed E-state index contributed by atoms with van der Waals surface area (Å²) in [6.07, 6.45) is 3.29. The Morgan fingerprint density at radius 2 is 1.51 bits per heavy atom. The first kappa shape index (κ1) is 24.6. The van der Waals surface area contributed by atoms with Crippen molar-refractivity contribution in [3.05, 3.63) is 94.0 Å². The molecule has 3 aromatic rings. The van der Waals surface area contributed by atoms with Crippen LogP contribution in [0.4, 0.5) is 17.1 Å². The summed E-state index contributed by atoms with van der Waals surface area (Å²) in [7, 11) is 0. The Morgan fingerprint density at radius 1 is 0.811 bits per heavy atom. The minimum Gasteiger partial charge on any atom is -0.489 e. The average molecular weight is 501 g/mol. The molecule has 0 bridgehead atoms. The van der Waals surface area contributed by atoms with Crippen molar-refractivity contribution >= 4 is 23.0 Å². The lowest BCUT2D eigenvalue weighted by atomic mass is 10.1. The molecular formula is C29H32N4O4. The van der Waals surface area contributed by atoms with Gasteiger partial charge in [-0.15, -0.1) is 0 Å². The highest BCUT2D eigenvalue weighted by Gasteiger charge is 2.26. The molecule has 0 radical (unpaired) electrons. The molecule has 0 aromatic heterocycles. The number of carbonyl (C=O) groups is 1. The molecule has 5 rings (SSSR count). The smallest absolute Gasteiger partial charge is 0.292 e. The SMILES string of the molecule is O=C(c1ccc(OCc2ccccc2)cc1)N1CCN(c2ccc([N+](=O)[O-])c(N3CCCCC3)c2)CC1. The number of nitro benzene ring substituents is 1. The largest absolute Gasteiger partial charge is 0.489 e. The lowest BCUT2D eigenvalue weighted by molar-refractivity contribution is -0.384. The lowest BCUT2D eigenvalue weighted by Gasteiger charge is -2.37. The van der Waals surface area contributed by atoms with Crippen molar-refractivity contribution in [3.63, 3.8) is 0 Å². The van der Waals surface area contributed by atoms with Crippen molar-refractivity contribution in [2.24, 2.45) is 0 Å². The number of anilines is 2. The Kier molecular flexibility index (Phi) is 7.54. The number of piperazine rings is 1. The maximum absolute atomic E-state index is 13.1. The molecule has 1 amide bonds. The van der Waals surface area contributed by atoms with E-state index in [0.29, 0.717) is 44.0 Å². The number of ether oxygens (including phenoxy) is 1. The standard InChI is InChI=1S/C29H32N4O4/c34-29(24-9-12-26(13-10-24)37-22-23-7-3-1-4-8-23)32-19-17-30(18-20-32)25-11-14-27(33(35)36)28(21-25)31-15-5-2-6-16-31/h1,3-4,7-14,21H,2,5-6,15-20,22H2. The van der Waals surface area contributed by atoms with E-state index in [1.54, 1.807) is 6.07 Å². The number of piperidine rings is 1. The van der Waals surface area contributed by atoms with Gasteiger partial charge in [-0.1, -0.05) is 30.3 Å². The summed E-state index contributed by atoms with van der Waals surface area (Å²) in [6, 6.07) is 22.7. The zero-order valence-electron chi connectivity index (χ0n) is 20.9. The number of carbonyl (C=O) groups excluding carboxylic acids is 1. The molecule has 0 spiro atoms. The van der Waals surface area contributed by atoms with Crippen LogP contribution in [0, 0.1) is 10.1 Å². The van der Waals surface area contributed by atoms with Crippen LogP contribution < -0.4 is 14.5 Å². The molecule has 8 nitrogen and oxygen atoms in total. The van der Waals surface area contributed by atoms with Crippen molar-refractivity contribution in [2.45, 2.75) is 25.9 Å². The molecule has 2 saturated heterocycles. The first-order valence-corrected chi connectivity index (χ1v) is 12.9. The predicted octanol–water partition coefficient (Wildman–Crippen LogP) is 5.13. The van der Waals surface area contributed by atoms with Gasteiger partial charge in [-0.25, -0.2) is 0 Å². The monoisotopic (exact) mass is 500 g/mol. The maximum atomic E-state index is 13.1. The van der Waals surface area contributed by atoms with Gasteiger partial charge in [0.2, 0.25) is 0 Å². The van der Waals surface area contributed by atoms with Crippen molar-refractivity contribution in [1.29, 1.82) is 0 Å². The first-order chi connectivity index (χ1) is 18.1. The highest BCUT2D eigenvalue weighted by atomic mass is 16.6. The molecule has 2 aliphatic heterocycles. The van der Waals surface area contributed by atoms with E-state index >= 15 is 0 Å². The molecule has 0 unspecified atom stereocenters. The second-order valence-electron chi connectivity index (χ2n) is 9.56. The van der Waals surface area contributed by atoms with E-state index in [2.05, 4.69) is 9.80 Å². The Labute approximate surface area is 217 Å². The van der Waals surface area contributed by atoms with Crippen LogP contribution in [-0.2, 0) is 6.61 Å². The van der Waals surface area contributed by atoms with Crippen molar-refractivity contribution in [1.82, 2.24) is 4.90 Å². The highest BCUT2D eigenvalue weighted by molar-refractivity contribution is 5.94. The Bertz CT molecular complexity index is 1220. The van der Waals surface area contributed by atoms with E-state index in [1.807, 2.05) is 71.6 Å². The van der Waals surface area contributed by atoms with E-state index in [-0.39, 0.29) is 16.5 Å². The fraction of sp³-hybridized carbons (Fsp3) is 0.345. The van der Waals surface area contributed by atoms with Crippen LogP contribution in [-0.4, -0.2) is 55.0 Å². The molecule has 0 atom stereocenters. The van der Waals surface area contributed by atoms with Gasteiger partial charge in [0.15, 0.2) is 0 Å². The molecule has 0 N–H and O–H groups in total. The highest BCUT2D eigenvalue weighted by Crippen LogP contribution is 2.34. The fourth-order valence-corrected chi connectivity index (χ4v) is 5.04. The van der Waals surface area contributed by atoms with Crippen molar-refractivity contribution in [3.8, 4) is 5.75 Å². The molecule has 192 valence electrons. The van der Waals surface area contributed by atoms with Crippen LogP contribution in [0.5, 0.6) is 5.75 Å². The fourth-order valence-electron chi connectivity index (χ4n) is 5.04. The van der Waals surface area contributed by atoms with E-state index in [4.69, 9.17) is 4.74 Å². The van der Waals surface area contributed by atoms with Gasteiger partial charge in [0.1, 0.15) is 18.0 Å². The molecule has 0 saturated carbocycles. The van der Waals surface area contributed by atoms with Gasteiger partial charge < -0.3 is 19.4 Å². The van der Waals surface area contributed by atoms with Crippen molar-refractivity contribution < 1.29 is 14.5 Å². The Hall–Kier alpha value is -4.07. The second-order valence-corrected chi connectivity index (χ2v) is 9.56. The second kappa shape index (κ2) is 11.3. The Balaban J connectivity index is 1.19. The summed E-state index contributed by atoms with van der Waals surface area (Å²) < 4.78 is 5.83. The molecule has 0 aliphatic carbocycles. The van der Waals surface area contributed by atoms with Gasteiger partial charge in [0, 0.05) is 56.6 Å². The van der Waals surface area contributed by atoms with E-state index in [1.165, 1.54) is 6.42 Å². The van der Waals surface area contributed by atoms with E-state index < -0.39 is 0 Å². The lowest BCUT2D eigenvalue weighted by Crippen LogP contribution is -2.48. The number of nitro groups is 1. The van der Waals surface area contributed by atoms with E-state index in [0.717, 1.165) is 42.9 Å². The average Bonchev–Trinajstić information content (AvgIpc) is 2.97. The summed E-state index contributed by atoms with van der Waals surface area (Å²) in [5.74, 6) is 0.736. The molecule has 2 aliphatic rings. The number of hydrogen-bond acceptors (Lipinski definition) is 6. The Morgan fingerprint density at radius 3 is 2.19 bits per heavy atom. The van der Waals surface area contributed by atoms with Gasteiger partial charge in [-0.2, -0.15) is 0 Å². The third-order valence-electron chi connectivity index (χ3n) is 7.13. The molecule has 2 heterocycles. The summed E-state index contributed by atoms with van der Waals surface area (Å²) in [5.41, 5.74) is 3.57. The molecule has 37 heavy (non-hydrogen) atoms. The number of nitrogens with zero attached hydrogens (tertiary/aromatic N) is 4. The third kappa shape index (κ3) is 5.85. The first-order valence-electron chi connectivity index (χ1n) is 12.9. The summed E-state index contributed by atoms with van der Waals surface area (Å²) in [4.78, 5) is 30.7. The predicted molar refractivity (Wildman–Crippen MR) is 144 cm³/mol. The molecular weight excluding hydrogens is 468 g/mol. The summed E-state index contributed by atoms with van der Waals surface area (Å²) >= 11 is 0. The number of amides is 1. The van der Waals surface area contributed by atoms with Gasteiger partial charge in [-0.3, -0.25) is 14.9 Å². The third-order valence-corrected chi connectivity index (χ3v) is 7.13. The topological polar surface area (TPSA) is 79.2 Å². The van der Waals surface area contributed by atoms with Crippen LogP contribution >= 0.6 is 0 Å². The molecule has 3 aromatic carbocycles. The van der Waals surface area contributed by atoms with Gasteiger partial charge in [-0.05, 0) is 61.2 Å². The number of rotatable bonds is 7. The minimum absolute atomic E-state index is 0.00645. The van der Waals surface area contributed by atoms with E-state index in [9.17, 15) is 14.9 Å². The summed E-state index contributed by atoms with van der Waals surface area (Å²) in [5, 5.41) is 11.6. The van der Waals surface area contributed by atoms with Gasteiger partial charge >= 0.3 is 0 Å². The van der Waals surface area contributed by atoms with Crippen LogP contribution in [0.15, 0.2) is 72.8 Å². The van der Waals surface area contributed by atoms with Crippen LogP contribution in [0.25, 0.3) is 0 Å². The van der Waals surface area contributed by atoms with Crippen LogP contribution in [0.3, 0.4) is 0 Å². The van der Waals surface area contributed by atoms with Gasteiger partial charge in [0.25, 0.3) is 11.6 Å². The molecule has 2 fully saturated rings. The van der Waals surface area contributed by atoms with Crippen LogP contribution in [0.1, 0.15) is 35.2 Å². The van der Waals surface area contributed by atoms with Crippen molar-refractivity contribution in [2.75, 3.05) is 49.1 Å². The normalized spacial score (nSPS) is 15.9. The summed E-state index contributed by atoms with van der Waals surface area (Å²) in [6.45, 7) is 4.74. The zero-order chi connectivity index (χ0) is 25.6.